The summed E-state index contributed by atoms with van der Waals surface area (Å²) in [4.78, 5) is 17.8. The smallest absolute Gasteiger partial charge is 0.264 e. The highest BCUT2D eigenvalue weighted by Gasteiger charge is 2.24. The third-order valence-electron chi connectivity index (χ3n) is 5.78. The molecule has 2 heterocycles. The quantitative estimate of drug-likeness (QED) is 0.421. The van der Waals surface area contributed by atoms with Gasteiger partial charge in [0.1, 0.15) is 5.75 Å². The van der Waals surface area contributed by atoms with E-state index >= 15 is 0 Å². The molecule has 0 unspecified atom stereocenters. The lowest BCUT2D eigenvalue weighted by Gasteiger charge is -2.20. The highest BCUT2D eigenvalue weighted by Crippen LogP contribution is 2.31. The Hall–Kier alpha value is -3.25. The number of aliphatic imine (C=N–C) groups is 1. The first-order chi connectivity index (χ1) is 16.2. The first kappa shape index (κ1) is 23.9. The Morgan fingerprint density at radius 1 is 1.06 bits per heavy atom. The van der Waals surface area contributed by atoms with Crippen LogP contribution in [0.5, 0.6) is 5.75 Å². The average molecular weight is 474 g/mol. The fourth-order valence-corrected chi connectivity index (χ4v) is 4.80. The topological polar surface area (TPSA) is 55.6 Å². The number of rotatable bonds is 5. The molecule has 5 nitrogen and oxygen atoms in total. The van der Waals surface area contributed by atoms with Crippen molar-refractivity contribution in [3.05, 3.63) is 82.0 Å². The van der Waals surface area contributed by atoms with Gasteiger partial charge in [-0.1, -0.05) is 32.9 Å². The molecule has 0 saturated carbocycles. The van der Waals surface area contributed by atoms with E-state index in [0.717, 1.165) is 34.1 Å². The Balaban J connectivity index is 1.57. The summed E-state index contributed by atoms with van der Waals surface area (Å²) in [6.45, 7) is 13.4. The van der Waals surface area contributed by atoms with Crippen LogP contribution in [0.1, 0.15) is 50.2 Å². The van der Waals surface area contributed by atoms with E-state index in [9.17, 15) is 4.79 Å². The van der Waals surface area contributed by atoms with E-state index in [4.69, 9.17) is 4.74 Å². The fraction of sp³-hybridized carbons (Fsp3) is 0.286. The van der Waals surface area contributed by atoms with Crippen LogP contribution in [-0.4, -0.2) is 22.2 Å². The van der Waals surface area contributed by atoms with Crippen LogP contribution in [0.15, 0.2) is 64.5 Å². The standard InChI is InChI=1S/C28H31N3O2S/c1-7-33-24-14-10-22(11-15-24)29-27-30-26(32)25(34-27)17-20-16-18(2)31(19(20)3)23-12-8-21(9-13-23)28(4,5)6/h8-17H,7H2,1-6H3,(H,29,30,32)/b25-17-. The second-order valence-corrected chi connectivity index (χ2v) is 10.4. The SMILES string of the molecule is CCOc1ccc(N=C2NC(=O)/C(=C/c3cc(C)n(-c4ccc(C(C)(C)C)cc4)c3C)S2)cc1. The lowest BCUT2D eigenvalue weighted by molar-refractivity contribution is -0.115. The van der Waals surface area contributed by atoms with Gasteiger partial charge >= 0.3 is 0 Å². The molecule has 0 spiro atoms. The molecular weight excluding hydrogens is 442 g/mol. The molecule has 1 saturated heterocycles. The molecule has 1 fully saturated rings. The van der Waals surface area contributed by atoms with Gasteiger partial charge in [-0.25, -0.2) is 4.99 Å². The van der Waals surface area contributed by atoms with Gasteiger partial charge in [-0.05, 0) is 97.6 Å². The number of aryl methyl sites for hydroxylation is 1. The van der Waals surface area contributed by atoms with Crippen molar-refractivity contribution in [2.24, 2.45) is 4.99 Å². The number of carbonyl (C=O) groups is 1. The summed E-state index contributed by atoms with van der Waals surface area (Å²) in [5, 5.41) is 3.45. The number of benzene rings is 2. The van der Waals surface area contributed by atoms with E-state index in [-0.39, 0.29) is 11.3 Å². The summed E-state index contributed by atoms with van der Waals surface area (Å²) in [6.07, 6.45) is 1.95. The van der Waals surface area contributed by atoms with Crippen LogP contribution in [0, 0.1) is 13.8 Å². The fourth-order valence-electron chi connectivity index (χ4n) is 3.96. The summed E-state index contributed by atoms with van der Waals surface area (Å²) >= 11 is 1.36. The molecule has 0 aliphatic carbocycles. The Morgan fingerprint density at radius 3 is 2.35 bits per heavy atom. The Labute approximate surface area is 205 Å². The van der Waals surface area contributed by atoms with Gasteiger partial charge in [-0.2, -0.15) is 0 Å². The van der Waals surface area contributed by atoms with E-state index in [0.29, 0.717) is 16.7 Å². The predicted molar refractivity (Wildman–Crippen MR) is 142 cm³/mol. The molecule has 2 aromatic carbocycles. The number of hydrogen-bond acceptors (Lipinski definition) is 4. The third-order valence-corrected chi connectivity index (χ3v) is 6.69. The second-order valence-electron chi connectivity index (χ2n) is 9.37. The molecule has 176 valence electrons. The van der Waals surface area contributed by atoms with Crippen LogP contribution in [-0.2, 0) is 10.2 Å². The zero-order valence-corrected chi connectivity index (χ0v) is 21.4. The molecule has 1 aliphatic heterocycles. The van der Waals surface area contributed by atoms with Crippen molar-refractivity contribution < 1.29 is 9.53 Å². The predicted octanol–water partition coefficient (Wildman–Crippen LogP) is 6.68. The van der Waals surface area contributed by atoms with Crippen molar-refractivity contribution in [3.63, 3.8) is 0 Å². The van der Waals surface area contributed by atoms with Gasteiger partial charge in [0, 0.05) is 17.1 Å². The molecule has 0 bridgehead atoms. The van der Waals surface area contributed by atoms with Crippen molar-refractivity contribution >= 4 is 34.6 Å². The highest BCUT2D eigenvalue weighted by molar-refractivity contribution is 8.18. The van der Waals surface area contributed by atoms with E-state index in [1.54, 1.807) is 0 Å². The van der Waals surface area contributed by atoms with Crippen molar-refractivity contribution in [2.75, 3.05) is 6.61 Å². The van der Waals surface area contributed by atoms with Crippen LogP contribution in [0.25, 0.3) is 11.8 Å². The van der Waals surface area contributed by atoms with Crippen LogP contribution < -0.4 is 10.1 Å². The van der Waals surface area contributed by atoms with Crippen molar-refractivity contribution in [2.45, 2.75) is 47.0 Å². The molecule has 4 rings (SSSR count). The van der Waals surface area contributed by atoms with Gasteiger partial charge < -0.3 is 14.6 Å². The third kappa shape index (κ3) is 5.12. The summed E-state index contributed by atoms with van der Waals surface area (Å²) in [5.74, 6) is 0.674. The Kier molecular flexibility index (Phi) is 6.71. The first-order valence-electron chi connectivity index (χ1n) is 11.5. The Morgan fingerprint density at radius 2 is 1.74 bits per heavy atom. The van der Waals surface area contributed by atoms with Gasteiger partial charge in [0.2, 0.25) is 0 Å². The van der Waals surface area contributed by atoms with E-state index in [1.165, 1.54) is 17.3 Å². The van der Waals surface area contributed by atoms with Crippen LogP contribution in [0.3, 0.4) is 0 Å². The molecule has 1 aromatic heterocycles. The van der Waals surface area contributed by atoms with Gasteiger partial charge in [0.15, 0.2) is 5.17 Å². The van der Waals surface area contributed by atoms with E-state index in [1.807, 2.05) is 37.3 Å². The van der Waals surface area contributed by atoms with Crippen LogP contribution in [0.2, 0.25) is 0 Å². The summed E-state index contributed by atoms with van der Waals surface area (Å²) in [7, 11) is 0. The van der Waals surface area contributed by atoms with Crippen LogP contribution >= 0.6 is 11.8 Å². The number of nitrogens with one attached hydrogen (secondary N) is 1. The number of carbonyl (C=O) groups excluding carboxylic acids is 1. The van der Waals surface area contributed by atoms with Gasteiger partial charge in [0.05, 0.1) is 17.2 Å². The van der Waals surface area contributed by atoms with Gasteiger partial charge in [-0.15, -0.1) is 0 Å². The number of ether oxygens (including phenoxy) is 1. The van der Waals surface area contributed by atoms with Crippen LogP contribution in [0.4, 0.5) is 5.69 Å². The number of hydrogen-bond donors (Lipinski definition) is 1. The minimum absolute atomic E-state index is 0.118. The maximum absolute atomic E-state index is 12.6. The minimum atomic E-state index is -0.131. The lowest BCUT2D eigenvalue weighted by Crippen LogP contribution is -2.19. The maximum Gasteiger partial charge on any atom is 0.264 e. The van der Waals surface area contributed by atoms with E-state index < -0.39 is 0 Å². The highest BCUT2D eigenvalue weighted by atomic mass is 32.2. The largest absolute Gasteiger partial charge is 0.494 e. The summed E-state index contributed by atoms with van der Waals surface area (Å²) < 4.78 is 7.70. The molecule has 34 heavy (non-hydrogen) atoms. The number of amidine groups is 1. The zero-order chi connectivity index (χ0) is 24.5. The monoisotopic (exact) mass is 473 g/mol. The average Bonchev–Trinajstić information content (AvgIpc) is 3.27. The summed E-state index contributed by atoms with van der Waals surface area (Å²) in [5.41, 5.74) is 6.56. The molecular formula is C28H31N3O2S. The second kappa shape index (κ2) is 9.55. The molecule has 1 aliphatic rings. The van der Waals surface area contributed by atoms with Gasteiger partial charge in [-0.3, -0.25) is 4.79 Å². The number of aromatic nitrogens is 1. The minimum Gasteiger partial charge on any atom is -0.494 e. The molecule has 3 aromatic rings. The zero-order valence-electron chi connectivity index (χ0n) is 20.6. The van der Waals surface area contributed by atoms with Crippen molar-refractivity contribution in [3.8, 4) is 11.4 Å². The molecule has 0 radical (unpaired) electrons. The van der Waals surface area contributed by atoms with E-state index in [2.05, 4.69) is 79.8 Å². The number of nitrogens with zero attached hydrogens (tertiary/aromatic N) is 2. The summed E-state index contributed by atoms with van der Waals surface area (Å²) in [6, 6.07) is 18.3. The van der Waals surface area contributed by atoms with Gasteiger partial charge in [0.25, 0.3) is 5.91 Å². The lowest BCUT2D eigenvalue weighted by atomic mass is 9.87. The van der Waals surface area contributed by atoms with Crippen molar-refractivity contribution in [1.82, 2.24) is 9.88 Å². The first-order valence-corrected chi connectivity index (χ1v) is 12.3. The molecule has 6 heteroatoms. The number of amides is 1. The molecule has 1 N–H and O–H groups in total. The maximum atomic E-state index is 12.6. The normalized spacial score (nSPS) is 16.4. The number of thioether (sulfide) groups is 1. The van der Waals surface area contributed by atoms with Crippen molar-refractivity contribution in [1.29, 1.82) is 0 Å². The molecule has 1 amide bonds. The Bertz CT molecular complexity index is 1260. The molecule has 0 atom stereocenters.